The molecule has 7 amide bonds. The summed E-state index contributed by atoms with van der Waals surface area (Å²) in [5.41, 5.74) is 26.2. The number of nitrogens with zero attached hydrogens (tertiary/aromatic N) is 14. The molecular weight excluding hydrogens is 1790 g/mol. The molecule has 15 N–H and O–H groups in total. The van der Waals surface area contributed by atoms with E-state index < -0.39 is 76.1 Å². The maximum absolute atomic E-state index is 15.7. The van der Waals surface area contributed by atoms with E-state index in [0.717, 1.165) is 125 Å². The topological polar surface area (TPSA) is 546 Å². The van der Waals surface area contributed by atoms with Crippen LogP contribution in [0.25, 0.3) is 22.5 Å². The van der Waals surface area contributed by atoms with Gasteiger partial charge in [-0.15, -0.1) is 0 Å². The highest BCUT2D eigenvalue weighted by molar-refractivity contribution is 6.31. The highest BCUT2D eigenvalue weighted by Gasteiger charge is 2.50. The fourth-order valence-corrected chi connectivity index (χ4v) is 18.5. The minimum Gasteiger partial charge on any atom is -0.508 e. The molecular formula is C97H109ClF3N23O13. The number of likely N-dealkylation sites (tertiary alicyclic amines) is 2. The number of benzene rings is 4. The van der Waals surface area contributed by atoms with Crippen LogP contribution in [-0.2, 0) is 60.7 Å². The zero-order valence-electron chi connectivity index (χ0n) is 76.1. The summed E-state index contributed by atoms with van der Waals surface area (Å²) in [7, 11) is 2.26. The van der Waals surface area contributed by atoms with E-state index in [4.69, 9.17) is 39.0 Å². The Labute approximate surface area is 793 Å². The van der Waals surface area contributed by atoms with Crippen molar-refractivity contribution in [1.29, 1.82) is 21.0 Å². The van der Waals surface area contributed by atoms with Gasteiger partial charge in [-0.2, -0.15) is 41.4 Å². The average molecular weight is 1900 g/mol. The van der Waals surface area contributed by atoms with Gasteiger partial charge in [-0.25, -0.2) is 22.8 Å². The van der Waals surface area contributed by atoms with Crippen molar-refractivity contribution >= 4 is 99.1 Å². The lowest BCUT2D eigenvalue weighted by Crippen LogP contribution is -2.54. The molecule has 5 aliphatic carbocycles. The number of rotatable bonds is 30. The number of aromatic nitrogens is 8. The molecule has 40 heteroatoms. The van der Waals surface area contributed by atoms with E-state index in [9.17, 15) is 74.0 Å². The molecule has 0 radical (unpaired) electrons. The number of nitrogens with one attached hydrogen (secondary N) is 5. The predicted octanol–water partition coefficient (Wildman–Crippen LogP) is 14.3. The van der Waals surface area contributed by atoms with Gasteiger partial charge in [0.25, 0.3) is 23.6 Å². The second-order valence-electron chi connectivity index (χ2n) is 35.8. The molecule has 718 valence electrons. The Hall–Kier alpha value is -14.8. The summed E-state index contributed by atoms with van der Waals surface area (Å²) in [6.07, 6.45) is 18.7. The number of anilines is 5. The maximum Gasteiger partial charge on any atom is 0.412 e. The van der Waals surface area contributed by atoms with Gasteiger partial charge in [-0.1, -0.05) is 36.4 Å². The van der Waals surface area contributed by atoms with Crippen LogP contribution in [0, 0.1) is 63.0 Å². The molecule has 7 aliphatic rings. The summed E-state index contributed by atoms with van der Waals surface area (Å²) in [4.78, 5) is 99.1. The number of methoxy groups -OCH3 is 2. The first-order chi connectivity index (χ1) is 65.7. The number of ether oxygens (including phenoxy) is 2. The van der Waals surface area contributed by atoms with Crippen LogP contribution < -0.4 is 49.5 Å². The molecule has 137 heavy (non-hydrogen) atoms. The van der Waals surface area contributed by atoms with Crippen molar-refractivity contribution in [2.24, 2.45) is 34.8 Å². The highest BCUT2D eigenvalue weighted by atomic mass is 35.5. The summed E-state index contributed by atoms with van der Waals surface area (Å²) in [5, 5.41) is 90.4. The number of phenolic OH excluding ortho intramolecular Hbond substituents is 2. The van der Waals surface area contributed by atoms with Gasteiger partial charge in [0.2, 0.25) is 5.91 Å². The van der Waals surface area contributed by atoms with Gasteiger partial charge in [-0.05, 0) is 217 Å². The zero-order valence-corrected chi connectivity index (χ0v) is 76.8. The first kappa shape index (κ1) is 99.7. The molecule has 9 aromatic rings. The van der Waals surface area contributed by atoms with Gasteiger partial charge in [0.1, 0.15) is 69.0 Å². The van der Waals surface area contributed by atoms with Crippen LogP contribution in [0.3, 0.4) is 0 Å². The van der Waals surface area contributed by atoms with Gasteiger partial charge in [0.05, 0.1) is 99.2 Å². The SMILES string of the molecule is C=C(C)c1cc(F)c(CN2CCC(CC#N)(n3cc(C(N)=O)c(NC(=O)OC)n3)C(F)C2)cc1O.COC(=O)Nc1nn(C2(CC#N)CCN(Cc3cc(O)ccc3Cl)CC2F)cc1C(N)=O.N#CCC1(n2cc(C(N)=O)c(CC(=O)C3CC3)n2)CCC(Nc2ccc(-c3ccco3)cc2)CC1.N#CCC1(n2cc(C(N)=O)c(NC(=O)C3CC3)n2)CCC(Nc2ccc(C3=CCCC3)cc2)CC1. The van der Waals surface area contributed by atoms with Crippen molar-refractivity contribution in [2.75, 3.05) is 67.0 Å². The Kier molecular flexibility index (Phi) is 31.8. The number of aromatic hydroxyl groups is 2. The molecule has 2 saturated heterocycles. The molecule has 4 saturated carbocycles. The van der Waals surface area contributed by atoms with Gasteiger partial charge in [0.15, 0.2) is 17.5 Å². The molecule has 6 fully saturated rings. The van der Waals surface area contributed by atoms with Gasteiger partial charge >= 0.3 is 12.2 Å². The number of hydrogen-bond acceptors (Lipinski definition) is 25. The van der Waals surface area contributed by atoms with Gasteiger partial charge in [0, 0.05) is 121 Å². The number of amides is 7. The number of Topliss-reactive ketones (excluding diaryl/α,β-unsaturated/α-hetero) is 1. The van der Waals surface area contributed by atoms with Crippen molar-refractivity contribution in [2.45, 2.75) is 208 Å². The largest absolute Gasteiger partial charge is 0.508 e. The van der Waals surface area contributed by atoms with Crippen molar-refractivity contribution in [3.8, 4) is 47.1 Å². The molecule has 4 unspecified atom stereocenters. The number of phenols is 2. The van der Waals surface area contributed by atoms with Crippen LogP contribution in [0.4, 0.5) is 51.6 Å². The van der Waals surface area contributed by atoms with Crippen molar-refractivity contribution < 1.29 is 75.6 Å². The standard InChI is InChI=1S/C27H32N6O2.C27H29N5O3.C23H26F2N6O4.C20H22ClFN6O4/c28-16-15-27(33-17-23(24(29)34)25(32-33)31-26(35)20-5-6-20)13-11-22(12-14-27)30-21-9-7-19(8-10-21)18-3-1-2-4-18;28-14-13-27(32-17-22(26(29)34)23(31-32)16-24(33)18-3-4-18)11-9-21(10-12-27)30-20-7-5-19(6-8-20)25-2-1-15-35-25;1-13(2)15-9-17(24)14(8-18(15)32)10-30-7-5-23(4-6-26,19(25)12-30)31-11-16(20(27)33)21(29-31)28-22(34)35-3;1-32-19(31)25-18-14(17(24)30)10-28(26-18)20(4-6-23)5-7-27(11-16(20)22)9-12-8-13(29)2-3-15(12)21/h3,7-10,17,20,22,30H,1-2,4-6,11-15H2,(H2,29,34)(H,31,32,35);1-2,5-8,15,17-18,21,30H,3-4,9-13,16H2,(H2,29,34);8-9,11,19,32H,1,4-5,7,10,12H2,2-3H3,(H2,27,33)(H,28,29,34);2-3,8,10,16,29H,4-5,7,9,11H2,1H3,(H2,24,30)(H,25,26,31). The van der Waals surface area contributed by atoms with E-state index in [2.05, 4.69) is 106 Å². The van der Waals surface area contributed by atoms with Crippen molar-refractivity contribution in [1.82, 2.24) is 48.9 Å². The van der Waals surface area contributed by atoms with Crippen molar-refractivity contribution in [3.63, 3.8) is 0 Å². The summed E-state index contributed by atoms with van der Waals surface area (Å²) in [6, 6.07) is 36.8. The number of carbonyl (C=O) groups excluding carboxylic acids is 8. The Morgan fingerprint density at radius 1 is 0.562 bits per heavy atom. The first-order valence-electron chi connectivity index (χ1n) is 45.1. The quantitative estimate of drug-likeness (QED) is 0.0199. The van der Waals surface area contributed by atoms with Crippen LogP contribution in [0.1, 0.15) is 211 Å². The van der Waals surface area contributed by atoms with Gasteiger partial charge < -0.3 is 63.0 Å². The number of piperidine rings is 2. The van der Waals surface area contributed by atoms with Crippen LogP contribution in [0.5, 0.6) is 11.5 Å². The number of allylic oxidation sites excluding steroid dienone is 3. The molecule has 7 heterocycles. The molecule has 5 aromatic heterocycles. The average Bonchev–Trinajstić information content (AvgIpc) is 1.67. The van der Waals surface area contributed by atoms with Crippen LogP contribution in [0.15, 0.2) is 139 Å². The molecule has 0 spiro atoms. The van der Waals surface area contributed by atoms with E-state index in [1.165, 1.54) is 65.3 Å². The number of furan rings is 1. The number of halogens is 4. The molecule has 4 atom stereocenters. The van der Waals surface area contributed by atoms with E-state index in [1.807, 2.05) is 53.4 Å². The number of primary amides is 4. The minimum atomic E-state index is -1.64. The van der Waals surface area contributed by atoms with E-state index in [1.54, 1.807) is 45.9 Å². The lowest BCUT2D eigenvalue weighted by Gasteiger charge is -2.43. The first-order valence-corrected chi connectivity index (χ1v) is 45.5. The summed E-state index contributed by atoms with van der Waals surface area (Å²) >= 11 is 6.18. The highest BCUT2D eigenvalue weighted by Crippen LogP contribution is 2.45. The normalized spacial score (nSPS) is 21.7. The zero-order chi connectivity index (χ0) is 98.2. The van der Waals surface area contributed by atoms with Crippen molar-refractivity contribution in [3.05, 3.63) is 196 Å². The molecule has 4 aromatic carbocycles. The monoisotopic (exact) mass is 1900 g/mol. The lowest BCUT2D eigenvalue weighted by atomic mass is 9.77. The number of ketones is 1. The summed E-state index contributed by atoms with van der Waals surface area (Å²) < 4.78 is 66.2. The molecule has 36 nitrogen and oxygen atoms in total. The van der Waals surface area contributed by atoms with Crippen LogP contribution in [-0.4, -0.2) is 171 Å². The van der Waals surface area contributed by atoms with E-state index in [-0.39, 0.29) is 157 Å². The number of carbonyl (C=O) groups is 8. The second-order valence-corrected chi connectivity index (χ2v) is 36.2. The number of alkyl halides is 2. The second kappa shape index (κ2) is 43.7. The fourth-order valence-electron chi connectivity index (χ4n) is 18.3. The van der Waals surface area contributed by atoms with Crippen LogP contribution in [0.2, 0.25) is 5.02 Å². The maximum atomic E-state index is 15.7. The Balaban J connectivity index is 0.000000154. The smallest absolute Gasteiger partial charge is 0.412 e. The third kappa shape index (κ3) is 23.6. The third-order valence-corrected chi connectivity index (χ3v) is 26.9. The Bertz CT molecular complexity index is 6180. The Morgan fingerprint density at radius 2 is 1.02 bits per heavy atom. The molecule has 0 bridgehead atoms. The minimum absolute atomic E-state index is 0.0144. The number of hydrogen-bond donors (Lipinski definition) is 11. The predicted molar refractivity (Wildman–Crippen MR) is 500 cm³/mol. The Morgan fingerprint density at radius 3 is 1.46 bits per heavy atom. The fraction of sp³-hybridized carbons (Fsp3) is 0.423. The molecule has 2 aliphatic heterocycles. The lowest BCUT2D eigenvalue weighted by molar-refractivity contribution is -0.119. The number of nitrogens with two attached hydrogens (primary N) is 4. The van der Waals surface area contributed by atoms with E-state index >= 15 is 8.78 Å². The third-order valence-electron chi connectivity index (χ3n) is 26.6. The summed E-state index contributed by atoms with van der Waals surface area (Å²) in [6.45, 7) is 6.11. The van der Waals surface area contributed by atoms with Gasteiger partial charge in [-0.3, -0.25) is 67.9 Å². The number of nitriles is 4. The van der Waals surface area contributed by atoms with Crippen LogP contribution >= 0.6 is 11.6 Å². The molecule has 16 rings (SSSR count). The van der Waals surface area contributed by atoms with E-state index in [0.29, 0.717) is 46.5 Å². The summed E-state index contributed by atoms with van der Waals surface area (Å²) in [5.74, 6) is -2.94.